The number of nitrogens with zero attached hydrogens (tertiary/aromatic N) is 2. The number of likely N-dealkylation sites (N-methyl/N-ethyl adjacent to an activating group) is 2. The SMILES string of the molecule is CN1CCC(CN)(N(C)Cc2csc(Br)c2)C1. The van der Waals surface area contributed by atoms with Gasteiger partial charge in [0.1, 0.15) is 0 Å². The van der Waals surface area contributed by atoms with Crippen LogP contribution in [0.4, 0.5) is 0 Å². The first-order valence-electron chi connectivity index (χ1n) is 5.88. The predicted octanol–water partition coefficient (Wildman–Crippen LogP) is 1.98. The summed E-state index contributed by atoms with van der Waals surface area (Å²) in [7, 11) is 4.37. The van der Waals surface area contributed by atoms with Gasteiger partial charge in [0, 0.05) is 25.2 Å². The van der Waals surface area contributed by atoms with Gasteiger partial charge in [-0.1, -0.05) is 0 Å². The molecule has 96 valence electrons. The zero-order chi connectivity index (χ0) is 12.5. The van der Waals surface area contributed by atoms with Crippen LogP contribution in [0.2, 0.25) is 0 Å². The van der Waals surface area contributed by atoms with Gasteiger partial charge in [-0.2, -0.15) is 0 Å². The van der Waals surface area contributed by atoms with Gasteiger partial charge >= 0.3 is 0 Å². The van der Waals surface area contributed by atoms with Gasteiger partial charge in [0.2, 0.25) is 0 Å². The summed E-state index contributed by atoms with van der Waals surface area (Å²) in [6.45, 7) is 3.94. The minimum Gasteiger partial charge on any atom is -0.329 e. The number of halogens is 1. The Labute approximate surface area is 116 Å². The van der Waals surface area contributed by atoms with E-state index in [2.05, 4.69) is 51.3 Å². The molecule has 1 aromatic heterocycles. The second-order valence-corrected chi connectivity index (χ2v) is 7.32. The van der Waals surface area contributed by atoms with Crippen LogP contribution in [0.3, 0.4) is 0 Å². The van der Waals surface area contributed by atoms with Crippen molar-refractivity contribution in [3.05, 3.63) is 20.8 Å². The monoisotopic (exact) mass is 317 g/mol. The fraction of sp³-hybridized carbons (Fsp3) is 0.667. The van der Waals surface area contributed by atoms with Crippen molar-refractivity contribution in [3.8, 4) is 0 Å². The zero-order valence-electron chi connectivity index (χ0n) is 10.4. The van der Waals surface area contributed by atoms with Crippen LogP contribution >= 0.6 is 27.3 Å². The van der Waals surface area contributed by atoms with Crippen LogP contribution in [0.1, 0.15) is 12.0 Å². The zero-order valence-corrected chi connectivity index (χ0v) is 12.9. The quantitative estimate of drug-likeness (QED) is 0.921. The molecule has 17 heavy (non-hydrogen) atoms. The van der Waals surface area contributed by atoms with Crippen LogP contribution in [0.25, 0.3) is 0 Å². The van der Waals surface area contributed by atoms with E-state index in [0.29, 0.717) is 0 Å². The summed E-state index contributed by atoms with van der Waals surface area (Å²) in [6.07, 6.45) is 1.17. The summed E-state index contributed by atoms with van der Waals surface area (Å²) in [6, 6.07) is 2.20. The molecule has 0 radical (unpaired) electrons. The second kappa shape index (κ2) is 5.36. The maximum absolute atomic E-state index is 6.02. The number of rotatable bonds is 4. The van der Waals surface area contributed by atoms with Crippen molar-refractivity contribution >= 4 is 27.3 Å². The van der Waals surface area contributed by atoms with Gasteiger partial charge in [0.25, 0.3) is 0 Å². The Morgan fingerprint density at radius 3 is 2.88 bits per heavy atom. The summed E-state index contributed by atoms with van der Waals surface area (Å²) in [5, 5.41) is 2.21. The van der Waals surface area contributed by atoms with Crippen molar-refractivity contribution in [1.29, 1.82) is 0 Å². The third-order valence-corrected chi connectivity index (χ3v) is 5.31. The van der Waals surface area contributed by atoms with Crippen molar-refractivity contribution in [1.82, 2.24) is 9.80 Å². The molecule has 1 unspecified atom stereocenters. The molecule has 0 saturated carbocycles. The molecule has 1 aliphatic heterocycles. The van der Waals surface area contributed by atoms with Crippen molar-refractivity contribution in [2.45, 2.75) is 18.5 Å². The number of hydrogen-bond donors (Lipinski definition) is 1. The predicted molar refractivity (Wildman–Crippen MR) is 77.4 cm³/mol. The molecule has 0 aliphatic carbocycles. The lowest BCUT2D eigenvalue weighted by Crippen LogP contribution is -2.53. The third-order valence-electron chi connectivity index (χ3n) is 3.75. The van der Waals surface area contributed by atoms with Crippen LogP contribution in [0.5, 0.6) is 0 Å². The number of nitrogens with two attached hydrogens (primary N) is 1. The van der Waals surface area contributed by atoms with Crippen LogP contribution in [-0.2, 0) is 6.54 Å². The second-order valence-electron chi connectivity index (χ2n) is 5.03. The molecule has 0 amide bonds. The highest BCUT2D eigenvalue weighted by Gasteiger charge is 2.38. The summed E-state index contributed by atoms with van der Waals surface area (Å²) < 4.78 is 1.20. The van der Waals surface area contributed by atoms with Crippen molar-refractivity contribution < 1.29 is 0 Å². The largest absolute Gasteiger partial charge is 0.329 e. The molecule has 0 aromatic carbocycles. The highest BCUT2D eigenvalue weighted by Crippen LogP contribution is 2.28. The number of likely N-dealkylation sites (tertiary alicyclic amines) is 1. The standard InChI is InChI=1S/C12H20BrN3S/c1-15-4-3-12(8-14,9-15)16(2)6-10-5-11(13)17-7-10/h5,7H,3-4,6,8-9,14H2,1-2H3. The Hall–Kier alpha value is 0.0600. The Morgan fingerprint density at radius 1 is 1.65 bits per heavy atom. The van der Waals surface area contributed by atoms with E-state index < -0.39 is 0 Å². The maximum atomic E-state index is 6.02. The molecule has 1 atom stereocenters. The highest BCUT2D eigenvalue weighted by atomic mass is 79.9. The van der Waals surface area contributed by atoms with Crippen molar-refractivity contribution in [2.24, 2.45) is 5.73 Å². The molecule has 1 aliphatic rings. The van der Waals surface area contributed by atoms with Crippen LogP contribution in [-0.4, -0.2) is 49.1 Å². The number of thiophene rings is 1. The van der Waals surface area contributed by atoms with Gasteiger partial charge in [-0.25, -0.2) is 0 Å². The van der Waals surface area contributed by atoms with Gasteiger partial charge in [0.05, 0.1) is 3.79 Å². The smallest absolute Gasteiger partial charge is 0.0701 e. The summed E-state index contributed by atoms with van der Waals surface area (Å²) in [5.41, 5.74) is 7.54. The van der Waals surface area contributed by atoms with Gasteiger partial charge in [0.15, 0.2) is 0 Å². The number of hydrogen-bond acceptors (Lipinski definition) is 4. The van der Waals surface area contributed by atoms with E-state index >= 15 is 0 Å². The molecule has 0 bridgehead atoms. The Morgan fingerprint density at radius 2 is 2.41 bits per heavy atom. The Kier molecular flexibility index (Phi) is 4.26. The lowest BCUT2D eigenvalue weighted by atomic mass is 9.96. The summed E-state index contributed by atoms with van der Waals surface area (Å²) >= 11 is 5.26. The van der Waals surface area contributed by atoms with Crippen LogP contribution < -0.4 is 5.73 Å². The van der Waals surface area contributed by atoms with Gasteiger partial charge in [-0.15, -0.1) is 11.3 Å². The fourth-order valence-corrected chi connectivity index (χ4v) is 3.76. The first-order chi connectivity index (χ1) is 8.05. The summed E-state index contributed by atoms with van der Waals surface area (Å²) in [4.78, 5) is 4.79. The van der Waals surface area contributed by atoms with E-state index in [4.69, 9.17) is 5.73 Å². The summed E-state index contributed by atoms with van der Waals surface area (Å²) in [5.74, 6) is 0. The molecule has 5 heteroatoms. The average molecular weight is 318 g/mol. The van der Waals surface area contributed by atoms with E-state index in [-0.39, 0.29) is 5.54 Å². The minimum atomic E-state index is 0.156. The normalized spacial score (nSPS) is 25.9. The molecule has 1 aromatic rings. The lowest BCUT2D eigenvalue weighted by molar-refractivity contribution is 0.126. The van der Waals surface area contributed by atoms with E-state index in [9.17, 15) is 0 Å². The molecule has 2 N–H and O–H groups in total. The fourth-order valence-electron chi connectivity index (χ4n) is 2.56. The van der Waals surface area contributed by atoms with Crippen LogP contribution in [0, 0.1) is 0 Å². The van der Waals surface area contributed by atoms with Gasteiger partial charge < -0.3 is 10.6 Å². The topological polar surface area (TPSA) is 32.5 Å². The average Bonchev–Trinajstić information content (AvgIpc) is 2.86. The third kappa shape index (κ3) is 2.90. The van der Waals surface area contributed by atoms with E-state index in [1.165, 1.54) is 15.8 Å². The van der Waals surface area contributed by atoms with Gasteiger partial charge in [-0.05, 0) is 60.0 Å². The Balaban J connectivity index is 2.05. The Bertz CT molecular complexity index is 382. The van der Waals surface area contributed by atoms with Crippen molar-refractivity contribution in [2.75, 3.05) is 33.7 Å². The first-order valence-corrected chi connectivity index (χ1v) is 7.56. The van der Waals surface area contributed by atoms with E-state index in [1.54, 1.807) is 11.3 Å². The molecular formula is C12H20BrN3S. The molecule has 2 rings (SSSR count). The molecule has 0 spiro atoms. The molecule has 1 saturated heterocycles. The van der Waals surface area contributed by atoms with Gasteiger partial charge in [-0.3, -0.25) is 4.90 Å². The molecule has 2 heterocycles. The maximum Gasteiger partial charge on any atom is 0.0701 e. The minimum absolute atomic E-state index is 0.156. The van der Waals surface area contributed by atoms with E-state index in [1.807, 2.05) is 0 Å². The van der Waals surface area contributed by atoms with E-state index in [0.717, 1.165) is 26.2 Å². The molecular weight excluding hydrogens is 298 g/mol. The van der Waals surface area contributed by atoms with Crippen LogP contribution in [0.15, 0.2) is 15.2 Å². The van der Waals surface area contributed by atoms with Crippen molar-refractivity contribution in [3.63, 3.8) is 0 Å². The lowest BCUT2D eigenvalue weighted by Gasteiger charge is -2.37. The first kappa shape index (κ1) is 13.5. The highest BCUT2D eigenvalue weighted by molar-refractivity contribution is 9.11. The molecule has 1 fully saturated rings. The molecule has 3 nitrogen and oxygen atoms in total.